The SMILES string of the molecule is OB(O)c1cccc(-c2ccccc2)c1.OB(O)c1ccccc1-c1ccccc1. The molecule has 0 bridgehead atoms. The van der Waals surface area contributed by atoms with Crippen molar-refractivity contribution in [3.8, 4) is 22.3 Å². The number of hydrogen-bond donors (Lipinski definition) is 4. The first-order valence-electron chi connectivity index (χ1n) is 9.58. The summed E-state index contributed by atoms with van der Waals surface area (Å²) in [5.41, 5.74) is 4.94. The van der Waals surface area contributed by atoms with E-state index >= 15 is 0 Å². The van der Waals surface area contributed by atoms with E-state index in [-0.39, 0.29) is 0 Å². The molecule has 0 spiro atoms. The van der Waals surface area contributed by atoms with Gasteiger partial charge in [0.2, 0.25) is 0 Å². The molecule has 4 aromatic carbocycles. The van der Waals surface area contributed by atoms with Crippen molar-refractivity contribution < 1.29 is 20.1 Å². The molecule has 4 nitrogen and oxygen atoms in total. The molecule has 0 atom stereocenters. The fourth-order valence-corrected chi connectivity index (χ4v) is 3.11. The van der Waals surface area contributed by atoms with Crippen molar-refractivity contribution in [2.45, 2.75) is 0 Å². The quantitative estimate of drug-likeness (QED) is 0.399. The van der Waals surface area contributed by atoms with Crippen LogP contribution in [0.4, 0.5) is 0 Å². The summed E-state index contributed by atoms with van der Waals surface area (Å²) in [7, 11) is -2.84. The lowest BCUT2D eigenvalue weighted by molar-refractivity contribution is 0.424. The Bertz CT molecular complexity index is 1050. The number of hydrogen-bond acceptors (Lipinski definition) is 4. The van der Waals surface area contributed by atoms with E-state index in [1.54, 1.807) is 24.3 Å². The van der Waals surface area contributed by atoms with E-state index < -0.39 is 14.2 Å². The van der Waals surface area contributed by atoms with Crippen LogP contribution in [-0.2, 0) is 0 Å². The first kappa shape index (κ1) is 21.6. The minimum Gasteiger partial charge on any atom is -0.423 e. The normalized spacial score (nSPS) is 10.0. The monoisotopic (exact) mass is 396 g/mol. The molecule has 0 heterocycles. The zero-order valence-corrected chi connectivity index (χ0v) is 16.3. The smallest absolute Gasteiger partial charge is 0.423 e. The summed E-state index contributed by atoms with van der Waals surface area (Å²) >= 11 is 0. The maximum Gasteiger partial charge on any atom is 0.489 e. The second-order valence-corrected chi connectivity index (χ2v) is 6.69. The third-order valence-electron chi connectivity index (χ3n) is 4.62. The highest BCUT2D eigenvalue weighted by Gasteiger charge is 2.15. The van der Waals surface area contributed by atoms with E-state index in [0.29, 0.717) is 10.9 Å². The van der Waals surface area contributed by atoms with Crippen molar-refractivity contribution >= 4 is 25.2 Å². The van der Waals surface area contributed by atoms with Gasteiger partial charge in [0.15, 0.2) is 0 Å². The summed E-state index contributed by atoms with van der Waals surface area (Å²) in [6, 6.07) is 34.0. The van der Waals surface area contributed by atoms with Crippen LogP contribution in [0.3, 0.4) is 0 Å². The summed E-state index contributed by atoms with van der Waals surface area (Å²) in [6.07, 6.45) is 0. The van der Waals surface area contributed by atoms with Crippen LogP contribution in [0.25, 0.3) is 22.3 Å². The van der Waals surface area contributed by atoms with Gasteiger partial charge in [0, 0.05) is 0 Å². The van der Waals surface area contributed by atoms with Crippen molar-refractivity contribution in [1.29, 1.82) is 0 Å². The minimum atomic E-state index is -1.43. The van der Waals surface area contributed by atoms with E-state index in [0.717, 1.165) is 22.3 Å². The van der Waals surface area contributed by atoms with E-state index in [2.05, 4.69) is 0 Å². The topological polar surface area (TPSA) is 80.9 Å². The molecule has 0 amide bonds. The molecule has 0 saturated carbocycles. The van der Waals surface area contributed by atoms with Gasteiger partial charge in [0.25, 0.3) is 0 Å². The van der Waals surface area contributed by atoms with Crippen molar-refractivity contribution in [3.63, 3.8) is 0 Å². The predicted octanol–water partition coefficient (Wildman–Crippen LogP) is 2.07. The van der Waals surface area contributed by atoms with E-state index in [1.807, 2.05) is 84.9 Å². The third-order valence-corrected chi connectivity index (χ3v) is 4.62. The Kier molecular flexibility index (Phi) is 7.60. The molecule has 148 valence electrons. The molecule has 0 saturated heterocycles. The minimum absolute atomic E-state index is 0.511. The lowest BCUT2D eigenvalue weighted by Crippen LogP contribution is -2.31. The summed E-state index contributed by atoms with van der Waals surface area (Å²) in [5, 5.41) is 36.5. The molecule has 4 N–H and O–H groups in total. The van der Waals surface area contributed by atoms with Gasteiger partial charge in [0.1, 0.15) is 0 Å². The van der Waals surface area contributed by atoms with Crippen molar-refractivity contribution in [1.82, 2.24) is 0 Å². The third kappa shape index (κ3) is 5.69. The van der Waals surface area contributed by atoms with E-state index in [4.69, 9.17) is 10.0 Å². The largest absolute Gasteiger partial charge is 0.489 e. The van der Waals surface area contributed by atoms with Gasteiger partial charge in [-0.15, -0.1) is 0 Å². The van der Waals surface area contributed by atoms with Gasteiger partial charge in [-0.1, -0.05) is 109 Å². The molecule has 0 radical (unpaired) electrons. The van der Waals surface area contributed by atoms with Gasteiger partial charge >= 0.3 is 14.2 Å². The van der Waals surface area contributed by atoms with Gasteiger partial charge in [-0.2, -0.15) is 0 Å². The molecule has 30 heavy (non-hydrogen) atoms. The van der Waals surface area contributed by atoms with Crippen LogP contribution < -0.4 is 10.9 Å². The maximum atomic E-state index is 9.22. The molecule has 0 aromatic heterocycles. The van der Waals surface area contributed by atoms with E-state index in [9.17, 15) is 10.0 Å². The zero-order valence-electron chi connectivity index (χ0n) is 16.3. The second-order valence-electron chi connectivity index (χ2n) is 6.69. The van der Waals surface area contributed by atoms with Gasteiger partial charge in [-0.3, -0.25) is 0 Å². The Balaban J connectivity index is 0.000000171. The lowest BCUT2D eigenvalue weighted by atomic mass is 9.75. The Morgan fingerprint density at radius 2 is 0.967 bits per heavy atom. The lowest BCUT2D eigenvalue weighted by Gasteiger charge is -2.08. The molecule has 4 aromatic rings. The summed E-state index contributed by atoms with van der Waals surface area (Å²) in [6.45, 7) is 0. The number of rotatable bonds is 4. The Labute approximate surface area is 177 Å². The fraction of sp³-hybridized carbons (Fsp3) is 0. The summed E-state index contributed by atoms with van der Waals surface area (Å²) < 4.78 is 0. The van der Waals surface area contributed by atoms with Gasteiger partial charge < -0.3 is 20.1 Å². The zero-order chi connectivity index (χ0) is 21.3. The standard InChI is InChI=1S/2C12H11BO2/c14-13(15)12-9-5-4-8-11(12)10-6-2-1-3-7-10;14-13(15)12-8-4-7-11(9-12)10-5-2-1-3-6-10/h2*1-9,14-15H. The van der Waals surface area contributed by atoms with Crippen LogP contribution in [0, 0.1) is 0 Å². The highest BCUT2D eigenvalue weighted by molar-refractivity contribution is 6.60. The molecule has 0 aliphatic heterocycles. The second kappa shape index (κ2) is 10.6. The van der Waals surface area contributed by atoms with Crippen LogP contribution in [0.15, 0.2) is 109 Å². The number of benzene rings is 4. The highest BCUT2D eigenvalue weighted by Crippen LogP contribution is 2.17. The molecule has 0 aliphatic rings. The van der Waals surface area contributed by atoms with Crippen molar-refractivity contribution in [2.24, 2.45) is 0 Å². The van der Waals surface area contributed by atoms with Crippen LogP contribution in [0.2, 0.25) is 0 Å². The molecule has 0 fully saturated rings. The van der Waals surface area contributed by atoms with Gasteiger partial charge in [-0.05, 0) is 33.2 Å². The van der Waals surface area contributed by atoms with Gasteiger partial charge in [0.05, 0.1) is 0 Å². The highest BCUT2D eigenvalue weighted by atomic mass is 16.4. The summed E-state index contributed by atoms with van der Waals surface area (Å²) in [5.74, 6) is 0. The molecular weight excluding hydrogens is 374 g/mol. The first-order chi connectivity index (χ1) is 14.6. The Morgan fingerprint density at radius 3 is 1.57 bits per heavy atom. The molecule has 4 rings (SSSR count). The van der Waals surface area contributed by atoms with Crippen LogP contribution in [-0.4, -0.2) is 34.3 Å². The average Bonchev–Trinajstić information content (AvgIpc) is 2.81. The van der Waals surface area contributed by atoms with Crippen LogP contribution in [0.1, 0.15) is 0 Å². The van der Waals surface area contributed by atoms with Crippen molar-refractivity contribution in [3.05, 3.63) is 109 Å². The van der Waals surface area contributed by atoms with Crippen molar-refractivity contribution in [2.75, 3.05) is 0 Å². The molecule has 0 unspecified atom stereocenters. The Hall–Kier alpha value is -3.15. The van der Waals surface area contributed by atoms with Gasteiger partial charge in [-0.25, -0.2) is 0 Å². The molecule has 6 heteroatoms. The summed E-state index contributed by atoms with van der Waals surface area (Å²) in [4.78, 5) is 0. The fourth-order valence-electron chi connectivity index (χ4n) is 3.11. The first-order valence-corrected chi connectivity index (χ1v) is 9.58. The van der Waals surface area contributed by atoms with E-state index in [1.165, 1.54) is 0 Å². The Morgan fingerprint density at radius 1 is 0.433 bits per heavy atom. The predicted molar refractivity (Wildman–Crippen MR) is 123 cm³/mol. The maximum absolute atomic E-state index is 9.22. The van der Waals surface area contributed by atoms with Crippen LogP contribution >= 0.6 is 0 Å². The van der Waals surface area contributed by atoms with Crippen LogP contribution in [0.5, 0.6) is 0 Å². The average molecular weight is 396 g/mol. The molecule has 0 aliphatic carbocycles. The molecular formula is C24H22B2O4.